The van der Waals surface area contributed by atoms with Crippen molar-refractivity contribution in [3.63, 3.8) is 0 Å². The van der Waals surface area contributed by atoms with E-state index in [0.29, 0.717) is 34.4 Å². The SMILES string of the molecule is CN1CCC(COc2c(-c3ccc(Cl)cc3)cnn3c(=O)n(Cc4ccc(C(F)(F)F)cc4)nc23)CC1. The molecule has 0 atom stereocenters. The molecule has 0 spiro atoms. The first-order chi connectivity index (χ1) is 17.7. The van der Waals surface area contributed by atoms with Crippen LogP contribution in [0, 0.1) is 5.92 Å². The number of nitrogens with zero attached hydrogens (tertiary/aromatic N) is 5. The minimum Gasteiger partial charge on any atom is -0.489 e. The molecule has 1 fully saturated rings. The van der Waals surface area contributed by atoms with E-state index in [2.05, 4.69) is 22.1 Å². The fourth-order valence-electron chi connectivity index (χ4n) is 4.42. The van der Waals surface area contributed by atoms with Crippen LogP contribution in [-0.4, -0.2) is 51.0 Å². The number of rotatable bonds is 6. The van der Waals surface area contributed by atoms with Gasteiger partial charge in [0.25, 0.3) is 0 Å². The van der Waals surface area contributed by atoms with Crippen LogP contribution in [0.15, 0.2) is 59.5 Å². The van der Waals surface area contributed by atoms with Crippen LogP contribution in [0.5, 0.6) is 5.75 Å². The number of alkyl halides is 3. The molecule has 0 unspecified atom stereocenters. The zero-order valence-electron chi connectivity index (χ0n) is 20.1. The third kappa shape index (κ3) is 5.50. The van der Waals surface area contributed by atoms with Crippen molar-refractivity contribution in [1.29, 1.82) is 0 Å². The number of hydrogen-bond acceptors (Lipinski definition) is 5. The fourth-order valence-corrected chi connectivity index (χ4v) is 4.55. The van der Waals surface area contributed by atoms with Gasteiger partial charge in [-0.1, -0.05) is 35.9 Å². The summed E-state index contributed by atoms with van der Waals surface area (Å²) in [5, 5.41) is 9.37. The number of likely N-dealkylation sites (tertiary alicyclic amines) is 1. The summed E-state index contributed by atoms with van der Waals surface area (Å²) < 4.78 is 47.4. The van der Waals surface area contributed by atoms with Crippen LogP contribution < -0.4 is 10.4 Å². The van der Waals surface area contributed by atoms with Crippen molar-refractivity contribution in [2.75, 3.05) is 26.7 Å². The molecule has 1 saturated heterocycles. The number of piperidine rings is 1. The van der Waals surface area contributed by atoms with Crippen LogP contribution in [0.4, 0.5) is 13.2 Å². The van der Waals surface area contributed by atoms with Crippen LogP contribution in [0.3, 0.4) is 0 Å². The normalized spacial score (nSPS) is 15.4. The Morgan fingerprint density at radius 2 is 1.73 bits per heavy atom. The average molecular weight is 532 g/mol. The molecular weight excluding hydrogens is 507 g/mol. The van der Waals surface area contributed by atoms with Gasteiger partial charge in [-0.2, -0.15) is 22.8 Å². The molecule has 0 aliphatic carbocycles. The number of benzene rings is 2. The highest BCUT2D eigenvalue weighted by Crippen LogP contribution is 2.34. The highest BCUT2D eigenvalue weighted by atomic mass is 35.5. The van der Waals surface area contributed by atoms with E-state index in [4.69, 9.17) is 16.3 Å². The summed E-state index contributed by atoms with van der Waals surface area (Å²) in [6.07, 6.45) is -0.862. The molecule has 0 radical (unpaired) electrons. The molecule has 0 amide bonds. The topological polar surface area (TPSA) is 64.7 Å². The van der Waals surface area contributed by atoms with Gasteiger partial charge in [-0.15, -0.1) is 5.10 Å². The summed E-state index contributed by atoms with van der Waals surface area (Å²) in [7, 11) is 2.10. The van der Waals surface area contributed by atoms with Gasteiger partial charge in [0.05, 0.1) is 24.9 Å². The second-order valence-corrected chi connectivity index (χ2v) is 9.76. The van der Waals surface area contributed by atoms with Gasteiger partial charge >= 0.3 is 11.9 Å². The number of aromatic nitrogens is 4. The van der Waals surface area contributed by atoms with E-state index < -0.39 is 17.4 Å². The monoisotopic (exact) mass is 531 g/mol. The molecule has 5 rings (SSSR count). The lowest BCUT2D eigenvalue weighted by Gasteiger charge is -2.28. The molecule has 4 aromatic rings. The minimum absolute atomic E-state index is 0.00892. The van der Waals surface area contributed by atoms with E-state index in [-0.39, 0.29) is 12.2 Å². The first-order valence-electron chi connectivity index (χ1n) is 11.9. The number of halogens is 4. The predicted octanol–water partition coefficient (Wildman–Crippen LogP) is 5.00. The molecule has 194 valence electrons. The quantitative estimate of drug-likeness (QED) is 0.350. The first-order valence-corrected chi connectivity index (χ1v) is 12.3. The molecule has 3 heterocycles. The van der Waals surface area contributed by atoms with Gasteiger partial charge in [-0.05, 0) is 74.3 Å². The van der Waals surface area contributed by atoms with Crippen molar-refractivity contribution in [3.05, 3.63) is 81.4 Å². The van der Waals surface area contributed by atoms with Gasteiger partial charge in [0, 0.05) is 10.6 Å². The van der Waals surface area contributed by atoms with Crippen molar-refractivity contribution >= 4 is 17.2 Å². The smallest absolute Gasteiger partial charge is 0.416 e. The van der Waals surface area contributed by atoms with Crippen molar-refractivity contribution in [2.45, 2.75) is 25.6 Å². The Balaban J connectivity index is 1.50. The van der Waals surface area contributed by atoms with Crippen LogP contribution >= 0.6 is 11.6 Å². The van der Waals surface area contributed by atoms with E-state index in [0.717, 1.165) is 48.1 Å². The van der Waals surface area contributed by atoms with E-state index in [9.17, 15) is 18.0 Å². The van der Waals surface area contributed by atoms with Gasteiger partial charge < -0.3 is 9.64 Å². The average Bonchev–Trinajstić information content (AvgIpc) is 3.19. The molecule has 1 aliphatic heterocycles. The highest BCUT2D eigenvalue weighted by Gasteiger charge is 2.30. The van der Waals surface area contributed by atoms with Gasteiger partial charge in [0.2, 0.25) is 5.65 Å². The Morgan fingerprint density at radius 1 is 1.05 bits per heavy atom. The van der Waals surface area contributed by atoms with Crippen LogP contribution in [0.2, 0.25) is 5.02 Å². The van der Waals surface area contributed by atoms with Crippen molar-refractivity contribution in [3.8, 4) is 16.9 Å². The van der Waals surface area contributed by atoms with Gasteiger partial charge in [0.1, 0.15) is 0 Å². The van der Waals surface area contributed by atoms with Crippen molar-refractivity contribution < 1.29 is 17.9 Å². The molecular formula is C26H25ClF3N5O2. The summed E-state index contributed by atoms with van der Waals surface area (Å²) in [5.74, 6) is 0.794. The maximum atomic E-state index is 13.1. The summed E-state index contributed by atoms with van der Waals surface area (Å²) >= 11 is 6.07. The fraction of sp³-hybridized carbons (Fsp3) is 0.346. The lowest BCUT2D eigenvalue weighted by atomic mass is 9.98. The molecule has 37 heavy (non-hydrogen) atoms. The summed E-state index contributed by atoms with van der Waals surface area (Å²) in [6, 6.07) is 11.9. The van der Waals surface area contributed by atoms with Crippen LogP contribution in [0.1, 0.15) is 24.0 Å². The Labute approximate surface area is 216 Å². The number of ether oxygens (including phenoxy) is 1. The maximum absolute atomic E-state index is 13.1. The zero-order chi connectivity index (χ0) is 26.2. The second kappa shape index (κ2) is 10.2. The molecule has 1 aliphatic rings. The van der Waals surface area contributed by atoms with E-state index in [1.54, 1.807) is 18.3 Å². The Morgan fingerprint density at radius 3 is 2.38 bits per heavy atom. The predicted molar refractivity (Wildman–Crippen MR) is 134 cm³/mol. The Kier molecular flexibility index (Phi) is 6.96. The molecule has 2 aromatic heterocycles. The number of fused-ring (bicyclic) bond motifs is 1. The third-order valence-corrected chi connectivity index (χ3v) is 6.89. The lowest BCUT2D eigenvalue weighted by molar-refractivity contribution is -0.137. The lowest BCUT2D eigenvalue weighted by Crippen LogP contribution is -2.32. The van der Waals surface area contributed by atoms with Crippen molar-refractivity contribution in [2.24, 2.45) is 5.92 Å². The van der Waals surface area contributed by atoms with E-state index >= 15 is 0 Å². The van der Waals surface area contributed by atoms with E-state index in [1.807, 2.05) is 12.1 Å². The molecule has 0 bridgehead atoms. The molecule has 11 heteroatoms. The number of hydrogen-bond donors (Lipinski definition) is 0. The van der Waals surface area contributed by atoms with E-state index in [1.165, 1.54) is 16.8 Å². The molecule has 0 saturated carbocycles. The highest BCUT2D eigenvalue weighted by molar-refractivity contribution is 6.30. The molecule has 0 N–H and O–H groups in total. The van der Waals surface area contributed by atoms with Gasteiger partial charge in [-0.25, -0.2) is 9.48 Å². The summed E-state index contributed by atoms with van der Waals surface area (Å²) in [4.78, 5) is 15.4. The molecule has 2 aromatic carbocycles. The maximum Gasteiger partial charge on any atom is 0.416 e. The second-order valence-electron chi connectivity index (χ2n) is 9.32. The van der Waals surface area contributed by atoms with Gasteiger partial charge in [0.15, 0.2) is 5.75 Å². The largest absolute Gasteiger partial charge is 0.489 e. The molecule has 7 nitrogen and oxygen atoms in total. The van der Waals surface area contributed by atoms with Crippen molar-refractivity contribution in [1.82, 2.24) is 24.3 Å². The van der Waals surface area contributed by atoms with Gasteiger partial charge in [-0.3, -0.25) is 0 Å². The summed E-state index contributed by atoms with van der Waals surface area (Å²) in [5.41, 5.74) is 0.966. The van der Waals surface area contributed by atoms with Crippen LogP contribution in [0.25, 0.3) is 16.8 Å². The zero-order valence-corrected chi connectivity index (χ0v) is 20.8. The minimum atomic E-state index is -4.43. The third-order valence-electron chi connectivity index (χ3n) is 6.64. The van der Waals surface area contributed by atoms with Crippen LogP contribution in [-0.2, 0) is 12.7 Å². The summed E-state index contributed by atoms with van der Waals surface area (Å²) in [6.45, 7) is 2.44. The standard InChI is InChI=1S/C26H25ClF3N5O2/c1-33-12-10-18(11-13-33)16-37-23-22(19-4-8-21(27)9-5-19)14-31-35-24(23)32-34(25(35)36)15-17-2-6-20(7-3-17)26(28,29)30/h2-9,14,18H,10-13,15-16H2,1H3. The Bertz CT molecular complexity index is 1440. The first kappa shape index (κ1) is 25.3. The Hall–Kier alpha value is -3.37.